The van der Waals surface area contributed by atoms with Crippen molar-refractivity contribution in [2.75, 3.05) is 36.4 Å². The lowest BCUT2D eigenvalue weighted by Crippen LogP contribution is -2.52. The van der Waals surface area contributed by atoms with Crippen molar-refractivity contribution in [2.24, 2.45) is 5.92 Å². The molecule has 1 N–H and O–H groups in total. The van der Waals surface area contributed by atoms with Crippen LogP contribution in [0.4, 0.5) is 24.7 Å². The van der Waals surface area contributed by atoms with Crippen LogP contribution in [-0.4, -0.2) is 59.2 Å². The molecular weight excluding hydrogens is 511 g/mol. The summed E-state index contributed by atoms with van der Waals surface area (Å²) in [5.74, 6) is 1.17. The number of nitrogens with one attached hydrogen (secondary N) is 1. The summed E-state index contributed by atoms with van der Waals surface area (Å²) < 4.78 is 44.3. The molecule has 0 saturated carbocycles. The van der Waals surface area contributed by atoms with Gasteiger partial charge in [0.1, 0.15) is 11.9 Å². The molecule has 204 valence electrons. The standard InChI is InChI=1S/C28H28F3N5O3/c29-28(30,31)21-5-3-19(4-6-21)16-26(37)35-14-11-24(12-15-35)39-23-9-7-22(8-10-23)33-27(38)20-17-36(18-20)25-2-1-13-32-34-25/h1-10,13,20,24H,11-12,14-18H2,(H,33,38). The highest BCUT2D eigenvalue weighted by Gasteiger charge is 2.34. The van der Waals surface area contributed by atoms with Crippen LogP contribution in [0.5, 0.6) is 5.75 Å². The molecule has 3 heterocycles. The van der Waals surface area contributed by atoms with Crippen LogP contribution in [0.1, 0.15) is 24.0 Å². The van der Waals surface area contributed by atoms with E-state index in [0.717, 1.165) is 18.0 Å². The number of piperidine rings is 1. The summed E-state index contributed by atoms with van der Waals surface area (Å²) in [6, 6.07) is 15.6. The molecule has 0 aliphatic carbocycles. The molecule has 8 nitrogen and oxygen atoms in total. The minimum absolute atomic E-state index is 0.0443. The molecule has 1 aromatic heterocycles. The Bertz CT molecular complexity index is 1270. The second-order valence-electron chi connectivity index (χ2n) is 9.77. The van der Waals surface area contributed by atoms with Gasteiger partial charge in [0.05, 0.1) is 17.9 Å². The van der Waals surface area contributed by atoms with E-state index in [1.54, 1.807) is 23.2 Å². The summed E-state index contributed by atoms with van der Waals surface area (Å²) >= 11 is 0. The fraction of sp³-hybridized carbons (Fsp3) is 0.357. The van der Waals surface area contributed by atoms with Gasteiger partial charge in [-0.05, 0) is 54.1 Å². The van der Waals surface area contributed by atoms with Gasteiger partial charge in [0.25, 0.3) is 0 Å². The smallest absolute Gasteiger partial charge is 0.416 e. The Morgan fingerprint density at radius 3 is 2.28 bits per heavy atom. The molecule has 0 radical (unpaired) electrons. The van der Waals surface area contributed by atoms with Crippen LogP contribution in [0.2, 0.25) is 0 Å². The van der Waals surface area contributed by atoms with Gasteiger partial charge in [0.2, 0.25) is 11.8 Å². The Balaban J connectivity index is 1.03. The third-order valence-electron chi connectivity index (χ3n) is 6.99. The molecule has 2 aliphatic rings. The lowest BCUT2D eigenvalue weighted by molar-refractivity contribution is -0.137. The summed E-state index contributed by atoms with van der Waals surface area (Å²) in [4.78, 5) is 28.9. The predicted molar refractivity (Wildman–Crippen MR) is 138 cm³/mol. The number of likely N-dealkylation sites (tertiary alicyclic amines) is 1. The van der Waals surface area contributed by atoms with Crippen molar-refractivity contribution in [2.45, 2.75) is 31.5 Å². The normalized spacial score (nSPS) is 16.5. The first-order valence-corrected chi connectivity index (χ1v) is 12.8. The number of aromatic nitrogens is 2. The van der Waals surface area contributed by atoms with Crippen molar-refractivity contribution in [3.8, 4) is 5.75 Å². The van der Waals surface area contributed by atoms with Gasteiger partial charge in [-0.3, -0.25) is 9.59 Å². The topological polar surface area (TPSA) is 87.7 Å². The molecule has 11 heteroatoms. The third-order valence-corrected chi connectivity index (χ3v) is 6.99. The lowest BCUT2D eigenvalue weighted by Gasteiger charge is -2.38. The monoisotopic (exact) mass is 539 g/mol. The van der Waals surface area contributed by atoms with Gasteiger partial charge in [-0.25, -0.2) is 0 Å². The van der Waals surface area contributed by atoms with Crippen LogP contribution in [0.3, 0.4) is 0 Å². The zero-order valence-electron chi connectivity index (χ0n) is 21.1. The van der Waals surface area contributed by atoms with E-state index in [-0.39, 0.29) is 30.3 Å². The van der Waals surface area contributed by atoms with E-state index in [2.05, 4.69) is 15.5 Å². The van der Waals surface area contributed by atoms with E-state index in [1.165, 1.54) is 12.1 Å². The van der Waals surface area contributed by atoms with E-state index in [4.69, 9.17) is 4.74 Å². The highest BCUT2D eigenvalue weighted by atomic mass is 19.4. The molecule has 0 spiro atoms. The van der Waals surface area contributed by atoms with Gasteiger partial charge in [-0.2, -0.15) is 18.3 Å². The number of nitrogens with zero attached hydrogens (tertiary/aromatic N) is 4. The summed E-state index contributed by atoms with van der Waals surface area (Å²) in [6.45, 7) is 2.23. The fourth-order valence-electron chi connectivity index (χ4n) is 4.67. The second-order valence-corrected chi connectivity index (χ2v) is 9.77. The Morgan fingerprint density at radius 1 is 0.974 bits per heavy atom. The molecule has 3 aromatic rings. The molecule has 39 heavy (non-hydrogen) atoms. The zero-order chi connectivity index (χ0) is 27.4. The van der Waals surface area contributed by atoms with E-state index < -0.39 is 11.7 Å². The first-order valence-electron chi connectivity index (χ1n) is 12.8. The number of hydrogen-bond acceptors (Lipinski definition) is 6. The van der Waals surface area contributed by atoms with Crippen molar-refractivity contribution in [1.82, 2.24) is 15.1 Å². The molecular formula is C28H28F3N5O3. The first-order chi connectivity index (χ1) is 18.7. The number of hydrogen-bond donors (Lipinski definition) is 1. The van der Waals surface area contributed by atoms with Crippen molar-refractivity contribution in [3.63, 3.8) is 0 Å². The molecule has 2 saturated heterocycles. The van der Waals surface area contributed by atoms with Gasteiger partial charge in [-0.15, -0.1) is 5.10 Å². The summed E-state index contributed by atoms with van der Waals surface area (Å²) in [6.07, 6.45) is -1.46. The molecule has 2 aliphatic heterocycles. The summed E-state index contributed by atoms with van der Waals surface area (Å²) in [5, 5.41) is 10.9. The van der Waals surface area contributed by atoms with Crippen LogP contribution in [0.25, 0.3) is 0 Å². The number of carbonyl (C=O) groups is 2. The number of carbonyl (C=O) groups excluding carboxylic acids is 2. The third kappa shape index (κ3) is 6.65. The quantitative estimate of drug-likeness (QED) is 0.485. The van der Waals surface area contributed by atoms with Crippen molar-refractivity contribution < 1.29 is 27.5 Å². The number of ether oxygens (including phenoxy) is 1. The number of alkyl halides is 3. The first kappa shape index (κ1) is 26.5. The van der Waals surface area contributed by atoms with E-state index in [9.17, 15) is 22.8 Å². The molecule has 0 unspecified atom stereocenters. The maximum atomic E-state index is 12.7. The Morgan fingerprint density at radius 2 is 1.67 bits per heavy atom. The summed E-state index contributed by atoms with van der Waals surface area (Å²) in [5.41, 5.74) is 0.518. The molecule has 0 bridgehead atoms. The number of halogens is 3. The zero-order valence-corrected chi connectivity index (χ0v) is 21.1. The molecule has 0 atom stereocenters. The van der Waals surface area contributed by atoms with Crippen LogP contribution >= 0.6 is 0 Å². The van der Waals surface area contributed by atoms with Crippen molar-refractivity contribution in [1.29, 1.82) is 0 Å². The lowest BCUT2D eigenvalue weighted by atomic mass is 9.99. The SMILES string of the molecule is O=C(Nc1ccc(OC2CCN(C(=O)Cc3ccc(C(F)(F)F)cc3)CC2)cc1)C1CN(c2cccnn2)C1. The molecule has 2 fully saturated rings. The van der Waals surface area contributed by atoms with E-state index >= 15 is 0 Å². The molecule has 2 amide bonds. The van der Waals surface area contributed by atoms with Crippen LogP contribution in [0.15, 0.2) is 66.9 Å². The number of benzene rings is 2. The average Bonchev–Trinajstić information content (AvgIpc) is 2.90. The van der Waals surface area contributed by atoms with Crippen LogP contribution in [0, 0.1) is 5.92 Å². The predicted octanol–water partition coefficient (Wildman–Crippen LogP) is 4.18. The maximum Gasteiger partial charge on any atom is 0.416 e. The van der Waals surface area contributed by atoms with Gasteiger partial charge in [-0.1, -0.05) is 12.1 Å². The van der Waals surface area contributed by atoms with Gasteiger partial charge >= 0.3 is 6.18 Å². The number of amides is 2. The Kier molecular flexibility index (Phi) is 7.67. The molecule has 2 aromatic carbocycles. The molecule has 5 rings (SSSR count). The fourth-order valence-corrected chi connectivity index (χ4v) is 4.67. The minimum atomic E-state index is -4.39. The largest absolute Gasteiger partial charge is 0.490 e. The van der Waals surface area contributed by atoms with Gasteiger partial charge < -0.3 is 19.9 Å². The second kappa shape index (κ2) is 11.3. The highest BCUT2D eigenvalue weighted by molar-refractivity contribution is 5.94. The van der Waals surface area contributed by atoms with Crippen LogP contribution < -0.4 is 15.0 Å². The minimum Gasteiger partial charge on any atom is -0.490 e. The maximum absolute atomic E-state index is 12.7. The Labute approximate surface area is 223 Å². The highest BCUT2D eigenvalue weighted by Crippen LogP contribution is 2.29. The van der Waals surface area contributed by atoms with Crippen molar-refractivity contribution in [3.05, 3.63) is 78.0 Å². The Hall–Kier alpha value is -4.15. The van der Waals surface area contributed by atoms with Gasteiger partial charge in [0.15, 0.2) is 5.82 Å². The van der Waals surface area contributed by atoms with Crippen LogP contribution in [-0.2, 0) is 22.2 Å². The number of rotatable bonds is 7. The number of anilines is 2. The average molecular weight is 540 g/mol. The van der Waals surface area contributed by atoms with E-state index in [0.29, 0.717) is 56.0 Å². The van der Waals surface area contributed by atoms with E-state index in [1.807, 2.05) is 29.2 Å². The van der Waals surface area contributed by atoms with Gasteiger partial charge in [0, 0.05) is 50.9 Å². The summed E-state index contributed by atoms with van der Waals surface area (Å²) in [7, 11) is 0. The van der Waals surface area contributed by atoms with Crippen molar-refractivity contribution >= 4 is 23.3 Å².